The number of nitrogens with one attached hydrogen (secondary N) is 1. The number of carbonyl (C=O) groups is 1. The smallest absolute Gasteiger partial charge is 0.267 e. The number of hydrazone groups is 1. The van der Waals surface area contributed by atoms with Crippen LogP contribution in [-0.4, -0.2) is 32.5 Å². The number of thiophene rings is 1. The van der Waals surface area contributed by atoms with Crippen molar-refractivity contribution in [3.8, 4) is 11.4 Å². The molecule has 2 aromatic heterocycles. The Kier molecular flexibility index (Phi) is 6.70. The SMILES string of the molecule is O=C(CSc1nc2sc3c(c2c(=O)n1-c1ccccc1)CCCC3)N/N=C\c1c(O)ccc2ccccc12. The van der Waals surface area contributed by atoms with Crippen molar-refractivity contribution < 1.29 is 9.90 Å². The molecule has 38 heavy (non-hydrogen) atoms. The highest BCUT2D eigenvalue weighted by Gasteiger charge is 2.23. The minimum Gasteiger partial charge on any atom is -0.507 e. The van der Waals surface area contributed by atoms with E-state index in [0.717, 1.165) is 52.5 Å². The maximum absolute atomic E-state index is 13.8. The molecule has 0 saturated carbocycles. The lowest BCUT2D eigenvalue weighted by Gasteiger charge is -2.13. The van der Waals surface area contributed by atoms with Gasteiger partial charge in [0.2, 0.25) is 0 Å². The summed E-state index contributed by atoms with van der Waals surface area (Å²) in [6, 6.07) is 20.5. The van der Waals surface area contributed by atoms with E-state index in [9.17, 15) is 14.7 Å². The van der Waals surface area contributed by atoms with E-state index in [4.69, 9.17) is 4.98 Å². The summed E-state index contributed by atoms with van der Waals surface area (Å²) in [4.78, 5) is 33.3. The van der Waals surface area contributed by atoms with E-state index < -0.39 is 0 Å². The van der Waals surface area contributed by atoms with E-state index in [-0.39, 0.29) is 23.0 Å². The molecule has 0 spiro atoms. The van der Waals surface area contributed by atoms with Gasteiger partial charge in [-0.3, -0.25) is 14.2 Å². The van der Waals surface area contributed by atoms with Crippen LogP contribution in [0.1, 0.15) is 28.8 Å². The summed E-state index contributed by atoms with van der Waals surface area (Å²) in [5.41, 5.74) is 4.83. The average Bonchev–Trinajstić information content (AvgIpc) is 3.32. The van der Waals surface area contributed by atoms with Gasteiger partial charge in [-0.1, -0.05) is 60.3 Å². The van der Waals surface area contributed by atoms with E-state index in [2.05, 4.69) is 10.5 Å². The van der Waals surface area contributed by atoms with Gasteiger partial charge >= 0.3 is 0 Å². The topological polar surface area (TPSA) is 96.6 Å². The van der Waals surface area contributed by atoms with Crippen molar-refractivity contribution in [2.75, 3.05) is 5.75 Å². The first-order chi connectivity index (χ1) is 18.6. The zero-order valence-corrected chi connectivity index (χ0v) is 22.0. The highest BCUT2D eigenvalue weighted by Crippen LogP contribution is 2.35. The number of hydrogen-bond acceptors (Lipinski definition) is 7. The van der Waals surface area contributed by atoms with E-state index in [1.54, 1.807) is 22.0 Å². The Bertz CT molecular complexity index is 1760. The quantitative estimate of drug-likeness (QED) is 0.130. The maximum atomic E-state index is 13.8. The van der Waals surface area contributed by atoms with Crippen molar-refractivity contribution >= 4 is 56.2 Å². The van der Waals surface area contributed by atoms with Gasteiger partial charge in [0.25, 0.3) is 11.5 Å². The number of carbonyl (C=O) groups excluding carboxylic acids is 1. The summed E-state index contributed by atoms with van der Waals surface area (Å²) >= 11 is 2.79. The molecule has 6 rings (SSSR count). The molecule has 7 nitrogen and oxygen atoms in total. The van der Waals surface area contributed by atoms with Gasteiger partial charge in [0, 0.05) is 10.4 Å². The second-order valence-corrected chi connectivity index (χ2v) is 11.1. The number of aromatic hydroxyl groups is 1. The van der Waals surface area contributed by atoms with Gasteiger partial charge in [0.05, 0.1) is 23.0 Å². The minimum absolute atomic E-state index is 0.0225. The number of nitrogens with zero attached hydrogens (tertiary/aromatic N) is 3. The fourth-order valence-corrected chi connectivity index (χ4v) is 6.95. The molecule has 5 aromatic rings. The summed E-state index contributed by atoms with van der Waals surface area (Å²) in [6.07, 6.45) is 5.54. The van der Waals surface area contributed by atoms with Crippen molar-refractivity contribution in [2.24, 2.45) is 5.10 Å². The molecular formula is C29H24N4O3S2. The Labute approximate surface area is 226 Å². The van der Waals surface area contributed by atoms with Crippen LogP contribution >= 0.6 is 23.1 Å². The predicted octanol–water partition coefficient (Wildman–Crippen LogP) is 5.43. The third kappa shape index (κ3) is 4.59. The van der Waals surface area contributed by atoms with E-state index in [0.29, 0.717) is 16.1 Å². The molecular weight excluding hydrogens is 516 g/mol. The largest absolute Gasteiger partial charge is 0.507 e. The summed E-state index contributed by atoms with van der Waals surface area (Å²) in [7, 11) is 0. The van der Waals surface area contributed by atoms with Crippen LogP contribution in [0.3, 0.4) is 0 Å². The van der Waals surface area contributed by atoms with Gasteiger partial charge in [0.1, 0.15) is 10.6 Å². The lowest BCUT2D eigenvalue weighted by molar-refractivity contribution is -0.118. The summed E-state index contributed by atoms with van der Waals surface area (Å²) in [6.45, 7) is 0. The number of fused-ring (bicyclic) bond motifs is 4. The molecule has 2 N–H and O–H groups in total. The van der Waals surface area contributed by atoms with Gasteiger partial charge in [-0.15, -0.1) is 11.3 Å². The van der Waals surface area contributed by atoms with Crippen molar-refractivity contribution in [3.05, 3.63) is 93.1 Å². The molecule has 0 aliphatic heterocycles. The molecule has 0 fully saturated rings. The van der Waals surface area contributed by atoms with Gasteiger partial charge in [-0.05, 0) is 60.2 Å². The molecule has 0 saturated heterocycles. The lowest BCUT2D eigenvalue weighted by atomic mass is 9.97. The number of thioether (sulfide) groups is 1. The van der Waals surface area contributed by atoms with Crippen LogP contribution in [0.5, 0.6) is 5.75 Å². The van der Waals surface area contributed by atoms with E-state index in [1.165, 1.54) is 22.9 Å². The van der Waals surface area contributed by atoms with Crippen molar-refractivity contribution in [3.63, 3.8) is 0 Å². The number of aryl methyl sites for hydroxylation is 2. The molecule has 1 aliphatic rings. The van der Waals surface area contributed by atoms with Crippen LogP contribution in [0.25, 0.3) is 26.7 Å². The number of rotatable bonds is 6. The number of aromatic nitrogens is 2. The van der Waals surface area contributed by atoms with Gasteiger partial charge in [-0.25, -0.2) is 10.4 Å². The fourth-order valence-electron chi connectivity index (χ4n) is 4.84. The number of benzene rings is 3. The van der Waals surface area contributed by atoms with Crippen LogP contribution in [0.15, 0.2) is 81.8 Å². The number of phenolic OH excluding ortho intramolecular Hbond substituents is 1. The Balaban J connectivity index is 1.26. The van der Waals surface area contributed by atoms with E-state index in [1.807, 2.05) is 60.7 Å². The molecule has 0 unspecified atom stereocenters. The Morgan fingerprint density at radius 3 is 2.74 bits per heavy atom. The Morgan fingerprint density at radius 2 is 1.87 bits per heavy atom. The first kappa shape index (κ1) is 24.4. The zero-order valence-electron chi connectivity index (χ0n) is 20.4. The van der Waals surface area contributed by atoms with Crippen molar-refractivity contribution in [1.29, 1.82) is 0 Å². The molecule has 0 bridgehead atoms. The van der Waals surface area contributed by atoms with Crippen LogP contribution in [-0.2, 0) is 17.6 Å². The van der Waals surface area contributed by atoms with Crippen molar-refractivity contribution in [1.82, 2.24) is 15.0 Å². The van der Waals surface area contributed by atoms with Gasteiger partial charge < -0.3 is 5.11 Å². The second-order valence-electron chi connectivity index (χ2n) is 9.06. The predicted molar refractivity (Wildman–Crippen MR) is 154 cm³/mol. The molecule has 3 aromatic carbocycles. The highest BCUT2D eigenvalue weighted by atomic mass is 32.2. The Hall–Kier alpha value is -3.95. The molecule has 0 radical (unpaired) electrons. The molecule has 0 atom stereocenters. The van der Waals surface area contributed by atoms with Gasteiger partial charge in [0.15, 0.2) is 5.16 Å². The fraction of sp³-hybridized carbons (Fsp3) is 0.172. The molecule has 190 valence electrons. The summed E-state index contributed by atoms with van der Waals surface area (Å²) in [5, 5.41) is 17.3. The van der Waals surface area contributed by atoms with Crippen LogP contribution in [0.2, 0.25) is 0 Å². The monoisotopic (exact) mass is 540 g/mol. The number of hydrogen-bond donors (Lipinski definition) is 2. The number of amides is 1. The van der Waals surface area contributed by atoms with Crippen LogP contribution in [0, 0.1) is 0 Å². The van der Waals surface area contributed by atoms with Crippen molar-refractivity contribution in [2.45, 2.75) is 30.8 Å². The normalized spacial score (nSPS) is 13.3. The summed E-state index contributed by atoms with van der Waals surface area (Å²) < 4.78 is 1.61. The highest BCUT2D eigenvalue weighted by molar-refractivity contribution is 7.99. The third-order valence-corrected chi connectivity index (χ3v) is 8.76. The first-order valence-corrected chi connectivity index (χ1v) is 14.2. The number of phenols is 1. The number of para-hydroxylation sites is 1. The molecule has 9 heteroatoms. The van der Waals surface area contributed by atoms with E-state index >= 15 is 0 Å². The third-order valence-electron chi connectivity index (χ3n) is 6.64. The lowest BCUT2D eigenvalue weighted by Crippen LogP contribution is -2.24. The standard InChI is InChI=1S/C29H24N4O3S2/c34-23-15-14-18-8-4-5-11-20(18)22(23)16-30-32-25(35)17-37-29-31-27-26(21-12-6-7-13-24(21)38-27)28(36)33(29)19-9-2-1-3-10-19/h1-5,8-11,14-16,34H,6-7,12-13,17H2,(H,32,35)/b30-16-. The second kappa shape index (κ2) is 10.4. The van der Waals surface area contributed by atoms with Crippen LogP contribution < -0.4 is 11.0 Å². The Morgan fingerprint density at radius 1 is 1.08 bits per heavy atom. The molecule has 1 amide bonds. The zero-order chi connectivity index (χ0) is 26.1. The molecule has 2 heterocycles. The first-order valence-electron chi connectivity index (χ1n) is 12.4. The van der Waals surface area contributed by atoms with Gasteiger partial charge in [-0.2, -0.15) is 5.10 Å². The summed E-state index contributed by atoms with van der Waals surface area (Å²) in [5.74, 6) is -0.237. The molecule has 1 aliphatic carbocycles. The average molecular weight is 541 g/mol. The van der Waals surface area contributed by atoms with Crippen LogP contribution in [0.4, 0.5) is 0 Å². The maximum Gasteiger partial charge on any atom is 0.267 e. The minimum atomic E-state index is -0.342.